The second kappa shape index (κ2) is 7.56. The standard InChI is InChI=1S/C11H23ClO4S/c1-5-15-6-7-16-8-10(11(2,3)4)9-17(12,13)14/h10H,5-9H2,1-4H3. The van der Waals surface area contributed by atoms with Crippen LogP contribution in [0.2, 0.25) is 0 Å². The zero-order valence-corrected chi connectivity index (χ0v) is 12.6. The molecule has 0 aromatic heterocycles. The van der Waals surface area contributed by atoms with Crippen molar-refractivity contribution < 1.29 is 17.9 Å². The molecule has 0 heterocycles. The second-order valence-electron chi connectivity index (χ2n) is 5.04. The molecule has 0 spiro atoms. The monoisotopic (exact) mass is 286 g/mol. The predicted octanol–water partition coefficient (Wildman–Crippen LogP) is 2.27. The van der Waals surface area contributed by atoms with E-state index in [2.05, 4.69) is 0 Å². The van der Waals surface area contributed by atoms with Crippen molar-refractivity contribution in [1.82, 2.24) is 0 Å². The van der Waals surface area contributed by atoms with Gasteiger partial charge in [0.05, 0.1) is 25.6 Å². The predicted molar refractivity (Wildman–Crippen MR) is 69.9 cm³/mol. The van der Waals surface area contributed by atoms with Crippen molar-refractivity contribution in [2.75, 3.05) is 32.2 Å². The summed E-state index contributed by atoms with van der Waals surface area (Å²) < 4.78 is 32.8. The fraction of sp³-hybridized carbons (Fsp3) is 1.00. The molecule has 0 aromatic carbocycles. The Morgan fingerprint density at radius 2 is 1.71 bits per heavy atom. The van der Waals surface area contributed by atoms with Gasteiger partial charge in [-0.05, 0) is 12.3 Å². The van der Waals surface area contributed by atoms with Crippen molar-refractivity contribution in [3.63, 3.8) is 0 Å². The van der Waals surface area contributed by atoms with Gasteiger partial charge < -0.3 is 9.47 Å². The molecule has 0 saturated carbocycles. The molecule has 0 aromatic rings. The van der Waals surface area contributed by atoms with Gasteiger partial charge in [0, 0.05) is 23.2 Å². The zero-order valence-electron chi connectivity index (χ0n) is 11.0. The van der Waals surface area contributed by atoms with Crippen LogP contribution in [0, 0.1) is 11.3 Å². The Morgan fingerprint density at radius 3 is 2.12 bits per heavy atom. The largest absolute Gasteiger partial charge is 0.379 e. The van der Waals surface area contributed by atoms with Gasteiger partial charge in [0.25, 0.3) is 0 Å². The van der Waals surface area contributed by atoms with E-state index in [0.717, 1.165) is 0 Å². The van der Waals surface area contributed by atoms with Crippen molar-refractivity contribution in [2.24, 2.45) is 11.3 Å². The van der Waals surface area contributed by atoms with Crippen molar-refractivity contribution in [3.8, 4) is 0 Å². The van der Waals surface area contributed by atoms with Crippen molar-refractivity contribution in [2.45, 2.75) is 27.7 Å². The first-order valence-corrected chi connectivity index (χ1v) is 8.22. The quantitative estimate of drug-likeness (QED) is 0.507. The first-order chi connectivity index (χ1) is 7.67. The van der Waals surface area contributed by atoms with E-state index in [1.165, 1.54) is 0 Å². The van der Waals surface area contributed by atoms with E-state index in [1.807, 2.05) is 27.7 Å². The van der Waals surface area contributed by atoms with Gasteiger partial charge in [-0.25, -0.2) is 8.42 Å². The lowest BCUT2D eigenvalue weighted by Gasteiger charge is -2.29. The number of rotatable bonds is 8. The molecule has 0 radical (unpaired) electrons. The summed E-state index contributed by atoms with van der Waals surface area (Å²) >= 11 is 0. The zero-order chi connectivity index (χ0) is 13.5. The summed E-state index contributed by atoms with van der Waals surface area (Å²) in [6, 6.07) is 0. The lowest BCUT2D eigenvalue weighted by molar-refractivity contribution is 0.0218. The smallest absolute Gasteiger partial charge is 0.232 e. The maximum atomic E-state index is 11.1. The molecule has 6 heteroatoms. The normalized spacial score (nSPS) is 14.9. The highest BCUT2D eigenvalue weighted by Gasteiger charge is 2.29. The van der Waals surface area contributed by atoms with Crippen LogP contribution in [0.25, 0.3) is 0 Å². The summed E-state index contributed by atoms with van der Waals surface area (Å²) in [6.07, 6.45) is 0. The van der Waals surface area contributed by atoms with Crippen LogP contribution in [-0.2, 0) is 18.5 Å². The Bertz CT molecular complexity index is 295. The minimum absolute atomic E-state index is 0.0628. The molecule has 104 valence electrons. The molecule has 0 aliphatic heterocycles. The van der Waals surface area contributed by atoms with E-state index in [9.17, 15) is 8.42 Å². The van der Waals surface area contributed by atoms with Crippen LogP contribution in [0.1, 0.15) is 27.7 Å². The summed E-state index contributed by atoms with van der Waals surface area (Å²) in [6.45, 7) is 9.88. The van der Waals surface area contributed by atoms with Gasteiger partial charge in [0.15, 0.2) is 0 Å². The van der Waals surface area contributed by atoms with Gasteiger partial charge in [-0.3, -0.25) is 0 Å². The highest BCUT2D eigenvalue weighted by Crippen LogP contribution is 2.28. The fourth-order valence-electron chi connectivity index (χ4n) is 1.28. The lowest BCUT2D eigenvalue weighted by Crippen LogP contribution is -2.31. The molecule has 1 unspecified atom stereocenters. The molecule has 0 saturated heterocycles. The van der Waals surface area contributed by atoms with Crippen LogP contribution in [0.15, 0.2) is 0 Å². The molecule has 17 heavy (non-hydrogen) atoms. The van der Waals surface area contributed by atoms with Gasteiger partial charge in [-0.15, -0.1) is 0 Å². The molecular weight excluding hydrogens is 264 g/mol. The van der Waals surface area contributed by atoms with Crippen LogP contribution in [0.4, 0.5) is 0 Å². The third-order valence-electron chi connectivity index (χ3n) is 2.52. The van der Waals surface area contributed by atoms with Crippen molar-refractivity contribution in [1.29, 1.82) is 0 Å². The average molecular weight is 287 g/mol. The van der Waals surface area contributed by atoms with Crippen molar-refractivity contribution >= 4 is 19.7 Å². The van der Waals surface area contributed by atoms with Crippen LogP contribution in [0.5, 0.6) is 0 Å². The second-order valence-corrected chi connectivity index (χ2v) is 7.86. The van der Waals surface area contributed by atoms with E-state index in [0.29, 0.717) is 26.4 Å². The summed E-state index contributed by atoms with van der Waals surface area (Å²) in [7, 11) is 1.80. The van der Waals surface area contributed by atoms with E-state index in [1.54, 1.807) is 0 Å². The minimum atomic E-state index is -3.49. The topological polar surface area (TPSA) is 52.6 Å². The van der Waals surface area contributed by atoms with Gasteiger partial charge >= 0.3 is 0 Å². The molecule has 0 aliphatic carbocycles. The molecular formula is C11H23ClO4S. The third-order valence-corrected chi connectivity index (χ3v) is 3.70. The molecule has 0 amide bonds. The van der Waals surface area contributed by atoms with Crippen LogP contribution in [-0.4, -0.2) is 40.6 Å². The summed E-state index contributed by atoms with van der Waals surface area (Å²) in [4.78, 5) is 0. The van der Waals surface area contributed by atoms with Gasteiger partial charge in [0.2, 0.25) is 9.05 Å². The Balaban J connectivity index is 4.14. The fourth-order valence-corrected chi connectivity index (χ4v) is 2.81. The molecule has 0 aliphatic rings. The maximum Gasteiger partial charge on any atom is 0.232 e. The van der Waals surface area contributed by atoms with Crippen LogP contribution < -0.4 is 0 Å². The summed E-state index contributed by atoms with van der Waals surface area (Å²) in [5, 5.41) is 0. The number of ether oxygens (including phenoxy) is 2. The number of hydrogen-bond donors (Lipinski definition) is 0. The van der Waals surface area contributed by atoms with Crippen molar-refractivity contribution in [3.05, 3.63) is 0 Å². The number of hydrogen-bond acceptors (Lipinski definition) is 4. The lowest BCUT2D eigenvalue weighted by atomic mass is 9.82. The van der Waals surface area contributed by atoms with Gasteiger partial charge in [0.1, 0.15) is 0 Å². The van der Waals surface area contributed by atoms with Gasteiger partial charge in [-0.2, -0.15) is 0 Å². The first kappa shape index (κ1) is 17.2. The molecule has 4 nitrogen and oxygen atoms in total. The Hall–Kier alpha value is 0.160. The highest BCUT2D eigenvalue weighted by atomic mass is 35.7. The SMILES string of the molecule is CCOCCOCC(CS(=O)(=O)Cl)C(C)(C)C. The van der Waals surface area contributed by atoms with E-state index >= 15 is 0 Å². The highest BCUT2D eigenvalue weighted by molar-refractivity contribution is 8.13. The maximum absolute atomic E-state index is 11.1. The number of halogens is 1. The third kappa shape index (κ3) is 9.83. The van der Waals surface area contributed by atoms with E-state index in [4.69, 9.17) is 20.2 Å². The summed E-state index contributed by atoms with van der Waals surface area (Å²) in [5.41, 5.74) is -0.159. The van der Waals surface area contributed by atoms with E-state index < -0.39 is 9.05 Å². The van der Waals surface area contributed by atoms with Crippen LogP contribution in [0.3, 0.4) is 0 Å². The molecule has 0 fully saturated rings. The molecule has 0 bridgehead atoms. The Morgan fingerprint density at radius 1 is 1.18 bits per heavy atom. The van der Waals surface area contributed by atoms with Gasteiger partial charge in [-0.1, -0.05) is 20.8 Å². The van der Waals surface area contributed by atoms with Crippen LogP contribution >= 0.6 is 10.7 Å². The van der Waals surface area contributed by atoms with E-state index in [-0.39, 0.29) is 17.1 Å². The first-order valence-electron chi connectivity index (χ1n) is 5.74. The minimum Gasteiger partial charge on any atom is -0.379 e. The average Bonchev–Trinajstić information content (AvgIpc) is 2.12. The Labute approximate surface area is 109 Å². The summed E-state index contributed by atoms with van der Waals surface area (Å²) in [5.74, 6) is -0.182. The molecule has 0 N–H and O–H groups in total. The Kier molecular flexibility index (Phi) is 7.63. The molecule has 1 atom stereocenters. The molecule has 0 rings (SSSR count).